The molecule has 0 saturated heterocycles. The molecule has 0 fully saturated rings. The number of hydrogen-bond donors (Lipinski definition) is 2. The van der Waals surface area contributed by atoms with E-state index < -0.39 is 28.7 Å². The molecular formula is C15H12BrF3N2O3S. The van der Waals surface area contributed by atoms with Crippen LogP contribution in [-0.2, 0) is 10.0 Å². The number of carbonyl (C=O) groups excluding carboxylic acids is 1. The number of halogens is 4. The van der Waals surface area contributed by atoms with Crippen molar-refractivity contribution >= 4 is 37.5 Å². The lowest BCUT2D eigenvalue weighted by Crippen LogP contribution is -2.33. The fourth-order valence-electron chi connectivity index (χ4n) is 1.80. The third-order valence-corrected chi connectivity index (χ3v) is 4.90. The maximum absolute atomic E-state index is 12.3. The number of hydrogen-bond acceptors (Lipinski definition) is 3. The Kier molecular flexibility index (Phi) is 5.73. The molecule has 25 heavy (non-hydrogen) atoms. The highest BCUT2D eigenvalue weighted by atomic mass is 79.9. The molecule has 2 aromatic rings. The molecule has 0 aliphatic heterocycles. The van der Waals surface area contributed by atoms with Crippen LogP contribution < -0.4 is 10.0 Å². The van der Waals surface area contributed by atoms with Crippen molar-refractivity contribution in [1.29, 1.82) is 0 Å². The molecule has 0 radical (unpaired) electrons. The number of carbonyl (C=O) groups is 1. The minimum absolute atomic E-state index is 0.0770. The molecule has 0 aliphatic carbocycles. The second-order valence-corrected chi connectivity index (χ2v) is 7.53. The van der Waals surface area contributed by atoms with Crippen LogP contribution >= 0.6 is 15.9 Å². The molecule has 0 aromatic heterocycles. The lowest BCUT2D eigenvalue weighted by atomic mass is 10.2. The number of benzene rings is 2. The van der Waals surface area contributed by atoms with Crippen LogP contribution in [0.25, 0.3) is 0 Å². The molecular weight excluding hydrogens is 425 g/mol. The topological polar surface area (TPSA) is 75.3 Å². The van der Waals surface area contributed by atoms with Crippen molar-refractivity contribution in [3.8, 4) is 0 Å². The highest BCUT2D eigenvalue weighted by Crippen LogP contribution is 2.19. The predicted octanol–water partition coefficient (Wildman–Crippen LogP) is 3.54. The van der Waals surface area contributed by atoms with Gasteiger partial charge in [-0.2, -0.15) is 13.2 Å². The summed E-state index contributed by atoms with van der Waals surface area (Å²) in [6, 6.07) is 11.0. The number of sulfonamides is 1. The Labute approximate surface area is 150 Å². The predicted molar refractivity (Wildman–Crippen MR) is 89.8 cm³/mol. The average molecular weight is 437 g/mol. The Balaban J connectivity index is 2.10. The molecule has 2 N–H and O–H groups in total. The van der Waals surface area contributed by atoms with Gasteiger partial charge in [-0.05, 0) is 48.5 Å². The Morgan fingerprint density at radius 3 is 2.08 bits per heavy atom. The first-order valence-electron chi connectivity index (χ1n) is 6.80. The fraction of sp³-hybridized carbons (Fsp3) is 0.133. The standard InChI is InChI=1S/C15H12BrF3N2O3S/c16-11-3-5-12(6-4-11)21-25(23,24)13-7-1-10(2-8-13)14(22)20-9-15(17,18)19/h1-8,21H,9H2,(H,20,22). The van der Waals surface area contributed by atoms with Crippen LogP contribution in [0.3, 0.4) is 0 Å². The number of rotatable bonds is 5. The van der Waals surface area contributed by atoms with E-state index in [1.165, 1.54) is 0 Å². The van der Waals surface area contributed by atoms with Crippen LogP contribution in [0.15, 0.2) is 57.9 Å². The van der Waals surface area contributed by atoms with Gasteiger partial charge in [0.25, 0.3) is 15.9 Å². The number of nitrogens with one attached hydrogen (secondary N) is 2. The van der Waals surface area contributed by atoms with Crippen LogP contribution in [0.2, 0.25) is 0 Å². The van der Waals surface area contributed by atoms with Gasteiger partial charge in [0.2, 0.25) is 0 Å². The third-order valence-electron chi connectivity index (χ3n) is 2.97. The SMILES string of the molecule is O=C(NCC(F)(F)F)c1ccc(S(=O)(=O)Nc2ccc(Br)cc2)cc1. The molecule has 0 atom stereocenters. The summed E-state index contributed by atoms with van der Waals surface area (Å²) in [5.74, 6) is -0.942. The lowest BCUT2D eigenvalue weighted by molar-refractivity contribution is -0.123. The Morgan fingerprint density at radius 2 is 1.56 bits per heavy atom. The van der Waals surface area contributed by atoms with E-state index in [4.69, 9.17) is 0 Å². The highest BCUT2D eigenvalue weighted by molar-refractivity contribution is 9.10. The molecule has 134 valence electrons. The molecule has 10 heteroatoms. The minimum atomic E-state index is -4.52. The maximum Gasteiger partial charge on any atom is 0.405 e. The summed E-state index contributed by atoms with van der Waals surface area (Å²) in [6.45, 7) is -1.46. The first-order chi connectivity index (χ1) is 11.6. The highest BCUT2D eigenvalue weighted by Gasteiger charge is 2.28. The van der Waals surface area contributed by atoms with Crippen molar-refractivity contribution in [3.05, 3.63) is 58.6 Å². The van der Waals surface area contributed by atoms with E-state index in [1.54, 1.807) is 29.6 Å². The van der Waals surface area contributed by atoms with Gasteiger partial charge in [-0.25, -0.2) is 8.42 Å². The molecule has 0 heterocycles. The Bertz CT molecular complexity index is 851. The summed E-state index contributed by atoms with van der Waals surface area (Å²) in [7, 11) is -3.88. The third kappa shape index (κ3) is 5.75. The molecule has 0 aliphatic rings. The quantitative estimate of drug-likeness (QED) is 0.752. The number of anilines is 1. The number of amides is 1. The van der Waals surface area contributed by atoms with Crippen molar-refractivity contribution in [3.63, 3.8) is 0 Å². The van der Waals surface area contributed by atoms with Gasteiger partial charge < -0.3 is 5.32 Å². The zero-order valence-corrected chi connectivity index (χ0v) is 14.9. The smallest absolute Gasteiger partial charge is 0.343 e. The molecule has 0 spiro atoms. The first kappa shape index (κ1) is 19.3. The van der Waals surface area contributed by atoms with Gasteiger partial charge in [0, 0.05) is 15.7 Å². The maximum atomic E-state index is 12.3. The summed E-state index contributed by atoms with van der Waals surface area (Å²) in [5, 5.41) is 1.71. The molecule has 5 nitrogen and oxygen atoms in total. The van der Waals surface area contributed by atoms with E-state index in [0.717, 1.165) is 28.7 Å². The molecule has 0 unspecified atom stereocenters. The van der Waals surface area contributed by atoms with Crippen LogP contribution in [0.5, 0.6) is 0 Å². The van der Waals surface area contributed by atoms with Gasteiger partial charge in [-0.3, -0.25) is 9.52 Å². The van der Waals surface area contributed by atoms with E-state index in [2.05, 4.69) is 20.7 Å². The molecule has 0 bridgehead atoms. The van der Waals surface area contributed by atoms with Crippen LogP contribution in [0, 0.1) is 0 Å². The zero-order valence-electron chi connectivity index (χ0n) is 12.5. The van der Waals surface area contributed by atoms with E-state index in [0.29, 0.717) is 5.69 Å². The van der Waals surface area contributed by atoms with E-state index in [-0.39, 0.29) is 10.5 Å². The van der Waals surface area contributed by atoms with Gasteiger partial charge in [-0.1, -0.05) is 15.9 Å². The van der Waals surface area contributed by atoms with Crippen molar-refractivity contribution in [2.24, 2.45) is 0 Å². The first-order valence-corrected chi connectivity index (χ1v) is 9.08. The molecule has 0 saturated carbocycles. The van der Waals surface area contributed by atoms with E-state index in [1.807, 2.05) is 0 Å². The van der Waals surface area contributed by atoms with Gasteiger partial charge >= 0.3 is 6.18 Å². The van der Waals surface area contributed by atoms with Crippen LogP contribution in [-0.4, -0.2) is 27.0 Å². The lowest BCUT2D eigenvalue weighted by Gasteiger charge is -2.10. The normalized spacial score (nSPS) is 11.8. The summed E-state index contributed by atoms with van der Waals surface area (Å²) >= 11 is 3.23. The zero-order chi connectivity index (χ0) is 18.7. The summed E-state index contributed by atoms with van der Waals surface area (Å²) in [4.78, 5) is 11.5. The largest absolute Gasteiger partial charge is 0.405 e. The van der Waals surface area contributed by atoms with Crippen molar-refractivity contribution in [1.82, 2.24) is 5.32 Å². The molecule has 1 amide bonds. The van der Waals surface area contributed by atoms with Crippen LogP contribution in [0.1, 0.15) is 10.4 Å². The van der Waals surface area contributed by atoms with E-state index >= 15 is 0 Å². The second-order valence-electron chi connectivity index (χ2n) is 4.93. The van der Waals surface area contributed by atoms with Gasteiger partial charge in [0.1, 0.15) is 6.54 Å². The Hall–Kier alpha value is -2.07. The van der Waals surface area contributed by atoms with Gasteiger partial charge in [0.05, 0.1) is 4.90 Å². The average Bonchev–Trinajstić information content (AvgIpc) is 2.54. The van der Waals surface area contributed by atoms with Gasteiger partial charge in [-0.15, -0.1) is 0 Å². The molecule has 2 rings (SSSR count). The second kappa shape index (κ2) is 7.44. The summed E-state index contributed by atoms with van der Waals surface area (Å²) in [5.41, 5.74) is 0.266. The minimum Gasteiger partial charge on any atom is -0.343 e. The fourth-order valence-corrected chi connectivity index (χ4v) is 3.12. The van der Waals surface area contributed by atoms with Gasteiger partial charge in [0.15, 0.2) is 0 Å². The van der Waals surface area contributed by atoms with Crippen LogP contribution in [0.4, 0.5) is 18.9 Å². The van der Waals surface area contributed by atoms with Crippen molar-refractivity contribution in [2.45, 2.75) is 11.1 Å². The monoisotopic (exact) mass is 436 g/mol. The number of alkyl halides is 3. The van der Waals surface area contributed by atoms with E-state index in [9.17, 15) is 26.4 Å². The molecule has 2 aromatic carbocycles. The summed E-state index contributed by atoms with van der Waals surface area (Å²) < 4.78 is 63.9. The van der Waals surface area contributed by atoms with Crippen molar-refractivity contribution in [2.75, 3.05) is 11.3 Å². The summed E-state index contributed by atoms with van der Waals surface area (Å²) in [6.07, 6.45) is -4.52. The van der Waals surface area contributed by atoms with Crippen molar-refractivity contribution < 1.29 is 26.4 Å². The Morgan fingerprint density at radius 1 is 1.00 bits per heavy atom.